The van der Waals surface area contributed by atoms with Crippen LogP contribution in [0, 0.1) is 6.92 Å². The van der Waals surface area contributed by atoms with Gasteiger partial charge in [0.2, 0.25) is 5.89 Å². The number of rotatable bonds is 4. The predicted molar refractivity (Wildman–Crippen MR) is 95.6 cm³/mol. The highest BCUT2D eigenvalue weighted by Crippen LogP contribution is 2.31. The van der Waals surface area contributed by atoms with Crippen molar-refractivity contribution in [3.63, 3.8) is 0 Å². The third-order valence-electron chi connectivity index (χ3n) is 4.63. The molecule has 0 spiro atoms. The van der Waals surface area contributed by atoms with Gasteiger partial charge in [-0.05, 0) is 31.0 Å². The highest BCUT2D eigenvalue weighted by atomic mass is 16.5. The summed E-state index contributed by atoms with van der Waals surface area (Å²) in [6.07, 6.45) is 0.974. The number of urea groups is 1. The molecule has 7 heteroatoms. The Morgan fingerprint density at radius 3 is 2.72 bits per heavy atom. The van der Waals surface area contributed by atoms with Crippen molar-refractivity contribution in [3.8, 4) is 0 Å². The lowest BCUT2D eigenvalue weighted by atomic mass is 9.96. The third kappa shape index (κ3) is 3.92. The minimum absolute atomic E-state index is 0.0910. The van der Waals surface area contributed by atoms with Gasteiger partial charge >= 0.3 is 6.03 Å². The second-order valence-electron chi connectivity index (χ2n) is 6.89. The first kappa shape index (κ1) is 17.3. The average molecular weight is 343 g/mol. The van der Waals surface area contributed by atoms with E-state index in [2.05, 4.69) is 53.6 Å². The van der Waals surface area contributed by atoms with E-state index in [9.17, 15) is 4.79 Å². The maximum absolute atomic E-state index is 12.5. The first-order valence-corrected chi connectivity index (χ1v) is 8.55. The molecule has 1 fully saturated rings. The monoisotopic (exact) mass is 343 g/mol. The van der Waals surface area contributed by atoms with Gasteiger partial charge in [0.25, 0.3) is 5.95 Å². The van der Waals surface area contributed by atoms with Gasteiger partial charge in [-0.2, -0.15) is 4.98 Å². The highest BCUT2D eigenvalue weighted by molar-refractivity contribution is 5.75. The standard InChI is InChI=1S/C18H25N5O2/c1-12-5-7-14(8-6-12)15-9-13(2)23(11-15)18(24)19-10-16-20-17(21-25-16)22(3)4/h5-8,13,15H,9-11H2,1-4H3,(H,19,24)/t13-,15-/m1/s1. The van der Waals surface area contributed by atoms with Gasteiger partial charge in [0, 0.05) is 32.6 Å². The van der Waals surface area contributed by atoms with E-state index in [1.54, 1.807) is 4.90 Å². The van der Waals surface area contributed by atoms with Crippen molar-refractivity contribution >= 4 is 12.0 Å². The van der Waals surface area contributed by atoms with Gasteiger partial charge in [-0.3, -0.25) is 0 Å². The van der Waals surface area contributed by atoms with Crippen molar-refractivity contribution in [2.75, 3.05) is 25.5 Å². The highest BCUT2D eigenvalue weighted by Gasteiger charge is 2.33. The molecule has 0 bridgehead atoms. The van der Waals surface area contributed by atoms with E-state index in [1.165, 1.54) is 11.1 Å². The van der Waals surface area contributed by atoms with E-state index in [1.807, 2.05) is 19.0 Å². The SMILES string of the molecule is Cc1ccc([C@@H]2C[C@@H](C)N(C(=O)NCc3nc(N(C)C)no3)C2)cc1. The van der Waals surface area contributed by atoms with E-state index in [-0.39, 0.29) is 18.6 Å². The zero-order valence-corrected chi connectivity index (χ0v) is 15.2. The molecular formula is C18H25N5O2. The first-order valence-electron chi connectivity index (χ1n) is 8.55. The maximum atomic E-state index is 12.5. The van der Waals surface area contributed by atoms with E-state index in [0.29, 0.717) is 17.8 Å². The predicted octanol–water partition coefficient (Wildman–Crippen LogP) is 2.53. The Kier molecular flexibility index (Phi) is 4.92. The summed E-state index contributed by atoms with van der Waals surface area (Å²) in [5.74, 6) is 1.28. The van der Waals surface area contributed by atoms with Crippen LogP contribution in [0.2, 0.25) is 0 Å². The minimum atomic E-state index is -0.0910. The lowest BCUT2D eigenvalue weighted by molar-refractivity contribution is 0.193. The third-order valence-corrected chi connectivity index (χ3v) is 4.63. The van der Waals surface area contributed by atoms with Crippen LogP contribution in [0.1, 0.15) is 36.3 Å². The number of aryl methyl sites for hydroxylation is 1. The molecule has 2 amide bonds. The van der Waals surface area contributed by atoms with Crippen LogP contribution in [0.5, 0.6) is 0 Å². The first-order chi connectivity index (χ1) is 11.9. The lowest BCUT2D eigenvalue weighted by Crippen LogP contribution is -2.41. The molecule has 0 saturated carbocycles. The second-order valence-corrected chi connectivity index (χ2v) is 6.89. The van der Waals surface area contributed by atoms with Crippen LogP contribution in [0.25, 0.3) is 0 Å². The number of amides is 2. The molecule has 7 nitrogen and oxygen atoms in total. The van der Waals surface area contributed by atoms with E-state index >= 15 is 0 Å². The molecule has 2 atom stereocenters. The number of nitrogens with one attached hydrogen (secondary N) is 1. The molecule has 2 heterocycles. The van der Waals surface area contributed by atoms with Crippen LogP contribution < -0.4 is 10.2 Å². The normalized spacial score (nSPS) is 19.9. The van der Waals surface area contributed by atoms with Gasteiger partial charge in [0.1, 0.15) is 0 Å². The quantitative estimate of drug-likeness (QED) is 0.923. The summed E-state index contributed by atoms with van der Waals surface area (Å²) >= 11 is 0. The van der Waals surface area contributed by atoms with Crippen molar-refractivity contribution < 1.29 is 9.32 Å². The van der Waals surface area contributed by atoms with Crippen LogP contribution in [-0.2, 0) is 6.54 Å². The van der Waals surface area contributed by atoms with E-state index in [4.69, 9.17) is 4.52 Å². The molecule has 1 aliphatic heterocycles. The molecule has 134 valence electrons. The van der Waals surface area contributed by atoms with Gasteiger partial charge in [0.15, 0.2) is 0 Å². The molecule has 0 aliphatic carbocycles. The van der Waals surface area contributed by atoms with Crippen molar-refractivity contribution in [1.29, 1.82) is 0 Å². The molecule has 1 N–H and O–H groups in total. The number of hydrogen-bond donors (Lipinski definition) is 1. The molecule has 25 heavy (non-hydrogen) atoms. The molecule has 1 aliphatic rings. The molecule has 1 aromatic carbocycles. The smallest absolute Gasteiger partial charge is 0.318 e. The number of anilines is 1. The summed E-state index contributed by atoms with van der Waals surface area (Å²) in [4.78, 5) is 20.4. The number of carbonyl (C=O) groups excluding carboxylic acids is 1. The Balaban J connectivity index is 1.57. The van der Waals surface area contributed by atoms with Crippen LogP contribution in [0.3, 0.4) is 0 Å². The Hall–Kier alpha value is -2.57. The van der Waals surface area contributed by atoms with Crippen molar-refractivity contribution in [3.05, 3.63) is 41.3 Å². The maximum Gasteiger partial charge on any atom is 0.318 e. The van der Waals surface area contributed by atoms with Gasteiger partial charge in [0.05, 0.1) is 6.54 Å². The van der Waals surface area contributed by atoms with Gasteiger partial charge in [-0.1, -0.05) is 29.8 Å². The van der Waals surface area contributed by atoms with E-state index < -0.39 is 0 Å². The number of likely N-dealkylation sites (tertiary alicyclic amines) is 1. The van der Waals surface area contributed by atoms with Gasteiger partial charge in [-0.15, -0.1) is 0 Å². The van der Waals surface area contributed by atoms with Crippen LogP contribution in [0.15, 0.2) is 28.8 Å². The zero-order valence-electron chi connectivity index (χ0n) is 15.2. The largest absolute Gasteiger partial charge is 0.344 e. The van der Waals surface area contributed by atoms with Crippen LogP contribution in [0.4, 0.5) is 10.7 Å². The van der Waals surface area contributed by atoms with Crippen molar-refractivity contribution in [2.45, 2.75) is 38.8 Å². The average Bonchev–Trinajstić information content (AvgIpc) is 3.20. The number of benzene rings is 1. The number of carbonyl (C=O) groups is 1. The molecule has 3 rings (SSSR count). The Bertz CT molecular complexity index is 725. The van der Waals surface area contributed by atoms with Crippen molar-refractivity contribution in [1.82, 2.24) is 20.4 Å². The fourth-order valence-electron chi connectivity index (χ4n) is 3.15. The summed E-state index contributed by atoms with van der Waals surface area (Å²) in [6, 6.07) is 8.68. The fourth-order valence-corrected chi connectivity index (χ4v) is 3.15. The summed E-state index contributed by atoms with van der Waals surface area (Å²) in [6.45, 7) is 5.13. The van der Waals surface area contributed by atoms with Crippen LogP contribution >= 0.6 is 0 Å². The molecule has 2 aromatic rings. The summed E-state index contributed by atoms with van der Waals surface area (Å²) in [7, 11) is 3.68. The molecular weight excluding hydrogens is 318 g/mol. The van der Waals surface area contributed by atoms with E-state index in [0.717, 1.165) is 13.0 Å². The topological polar surface area (TPSA) is 74.5 Å². The fraction of sp³-hybridized carbons (Fsp3) is 0.500. The summed E-state index contributed by atoms with van der Waals surface area (Å²) in [5.41, 5.74) is 2.54. The number of nitrogens with zero attached hydrogens (tertiary/aromatic N) is 4. The number of hydrogen-bond acceptors (Lipinski definition) is 5. The Labute approximate surface area is 148 Å². The lowest BCUT2D eigenvalue weighted by Gasteiger charge is -2.21. The number of aromatic nitrogens is 2. The second kappa shape index (κ2) is 7.13. The Morgan fingerprint density at radius 2 is 2.08 bits per heavy atom. The molecule has 0 unspecified atom stereocenters. The van der Waals surface area contributed by atoms with Crippen molar-refractivity contribution in [2.24, 2.45) is 0 Å². The molecule has 1 saturated heterocycles. The molecule has 0 radical (unpaired) electrons. The minimum Gasteiger partial charge on any atom is -0.344 e. The van der Waals surface area contributed by atoms with Gasteiger partial charge in [-0.25, -0.2) is 4.79 Å². The van der Waals surface area contributed by atoms with Gasteiger partial charge < -0.3 is 19.6 Å². The Morgan fingerprint density at radius 1 is 1.36 bits per heavy atom. The molecule has 1 aromatic heterocycles. The zero-order chi connectivity index (χ0) is 18.0. The summed E-state index contributed by atoms with van der Waals surface area (Å²) < 4.78 is 5.13. The summed E-state index contributed by atoms with van der Waals surface area (Å²) in [5, 5.41) is 6.72. The van der Waals surface area contributed by atoms with Crippen LogP contribution in [-0.4, -0.2) is 47.8 Å².